The molecule has 0 bridgehead atoms. The lowest BCUT2D eigenvalue weighted by Crippen LogP contribution is -2.07. The lowest BCUT2D eigenvalue weighted by atomic mass is 10.2. The van der Waals surface area contributed by atoms with E-state index in [2.05, 4.69) is 48.4 Å². The number of nitrogens with zero attached hydrogens (tertiary/aromatic N) is 4. The Bertz CT molecular complexity index is 1130. The maximum atomic E-state index is 5.45. The molecule has 0 aliphatic heterocycles. The Hall–Kier alpha value is -3.13. The Kier molecular flexibility index (Phi) is 5.62. The second-order valence-electron chi connectivity index (χ2n) is 6.40. The molecule has 2 heterocycles. The van der Waals surface area contributed by atoms with Crippen molar-refractivity contribution in [2.24, 2.45) is 0 Å². The van der Waals surface area contributed by atoms with Crippen LogP contribution in [0.15, 0.2) is 59.3 Å². The molecule has 29 heavy (non-hydrogen) atoms. The fourth-order valence-electron chi connectivity index (χ4n) is 3.05. The molecule has 0 radical (unpaired) electrons. The Morgan fingerprint density at radius 1 is 1.07 bits per heavy atom. The number of nitrogens with one attached hydrogen (secondary N) is 1. The average molecular weight is 454 g/mol. The average Bonchev–Trinajstić information content (AvgIpc) is 3.07. The Balaban J connectivity index is 1.58. The van der Waals surface area contributed by atoms with E-state index in [1.165, 1.54) is 0 Å². The van der Waals surface area contributed by atoms with E-state index in [1.807, 2.05) is 41.1 Å². The van der Waals surface area contributed by atoms with Gasteiger partial charge in [-0.15, -0.1) is 0 Å². The normalized spacial score (nSPS) is 10.9. The van der Waals surface area contributed by atoms with Gasteiger partial charge >= 0.3 is 0 Å². The molecule has 0 aliphatic carbocycles. The molecule has 4 aromatic rings. The fraction of sp³-hybridized carbons (Fsp3) is 0.190. The quantitative estimate of drug-likeness (QED) is 0.450. The number of methoxy groups -OCH3 is 2. The van der Waals surface area contributed by atoms with Gasteiger partial charge in [0.15, 0.2) is 5.65 Å². The SMILES string of the molecule is COc1ccc(CNc2ncc3c(Br)nn(Cc4ccccc4)c3n2)c(OC)c1. The maximum Gasteiger partial charge on any atom is 0.224 e. The van der Waals surface area contributed by atoms with Crippen LogP contribution in [0.5, 0.6) is 11.5 Å². The number of anilines is 1. The van der Waals surface area contributed by atoms with Crippen LogP contribution in [-0.4, -0.2) is 34.0 Å². The summed E-state index contributed by atoms with van der Waals surface area (Å²) in [4.78, 5) is 9.10. The summed E-state index contributed by atoms with van der Waals surface area (Å²) >= 11 is 3.50. The van der Waals surface area contributed by atoms with E-state index in [9.17, 15) is 0 Å². The summed E-state index contributed by atoms with van der Waals surface area (Å²) in [5, 5.41) is 8.70. The van der Waals surface area contributed by atoms with Crippen molar-refractivity contribution in [3.05, 3.63) is 70.5 Å². The molecule has 0 saturated carbocycles. The van der Waals surface area contributed by atoms with Crippen LogP contribution < -0.4 is 14.8 Å². The molecule has 0 saturated heterocycles. The lowest BCUT2D eigenvalue weighted by molar-refractivity contribution is 0.391. The topological polar surface area (TPSA) is 74.1 Å². The van der Waals surface area contributed by atoms with Crippen molar-refractivity contribution >= 4 is 32.9 Å². The van der Waals surface area contributed by atoms with Crippen molar-refractivity contribution in [1.82, 2.24) is 19.7 Å². The van der Waals surface area contributed by atoms with E-state index >= 15 is 0 Å². The van der Waals surface area contributed by atoms with Crippen LogP contribution in [0.25, 0.3) is 11.0 Å². The molecule has 4 rings (SSSR count). The molecule has 2 aromatic heterocycles. The van der Waals surface area contributed by atoms with Crippen LogP contribution in [0.3, 0.4) is 0 Å². The van der Waals surface area contributed by atoms with Gasteiger partial charge in [0, 0.05) is 24.4 Å². The molecule has 1 N–H and O–H groups in total. The van der Waals surface area contributed by atoms with E-state index in [0.717, 1.165) is 38.3 Å². The summed E-state index contributed by atoms with van der Waals surface area (Å²) in [6.45, 7) is 1.15. The third-order valence-corrected chi connectivity index (χ3v) is 5.14. The van der Waals surface area contributed by atoms with Gasteiger partial charge in [0.05, 0.1) is 26.2 Å². The van der Waals surface area contributed by atoms with Crippen molar-refractivity contribution in [3.8, 4) is 11.5 Å². The van der Waals surface area contributed by atoms with Gasteiger partial charge in [-0.1, -0.05) is 30.3 Å². The van der Waals surface area contributed by atoms with E-state index in [0.29, 0.717) is 19.0 Å². The highest BCUT2D eigenvalue weighted by Gasteiger charge is 2.13. The van der Waals surface area contributed by atoms with Crippen molar-refractivity contribution in [2.75, 3.05) is 19.5 Å². The van der Waals surface area contributed by atoms with Crippen LogP contribution in [-0.2, 0) is 13.1 Å². The summed E-state index contributed by atoms with van der Waals surface area (Å²) in [6.07, 6.45) is 1.77. The predicted octanol–water partition coefficient (Wildman–Crippen LogP) is 4.27. The van der Waals surface area contributed by atoms with Crippen LogP contribution in [0.1, 0.15) is 11.1 Å². The monoisotopic (exact) mass is 453 g/mol. The number of ether oxygens (including phenoxy) is 2. The Morgan fingerprint density at radius 3 is 2.66 bits per heavy atom. The van der Waals surface area contributed by atoms with E-state index in [1.54, 1.807) is 20.4 Å². The predicted molar refractivity (Wildman–Crippen MR) is 115 cm³/mol. The number of hydrogen-bond donors (Lipinski definition) is 1. The number of aromatic nitrogens is 4. The summed E-state index contributed by atoms with van der Waals surface area (Å²) in [5.74, 6) is 2.02. The fourth-order valence-corrected chi connectivity index (χ4v) is 3.52. The summed E-state index contributed by atoms with van der Waals surface area (Å²) in [7, 11) is 3.27. The minimum Gasteiger partial charge on any atom is -0.497 e. The van der Waals surface area contributed by atoms with Crippen LogP contribution >= 0.6 is 15.9 Å². The van der Waals surface area contributed by atoms with Gasteiger partial charge in [-0.2, -0.15) is 10.1 Å². The minimum absolute atomic E-state index is 0.521. The zero-order chi connectivity index (χ0) is 20.2. The zero-order valence-corrected chi connectivity index (χ0v) is 17.7. The number of benzene rings is 2. The Morgan fingerprint density at radius 2 is 1.90 bits per heavy atom. The van der Waals surface area contributed by atoms with Crippen LogP contribution in [0.4, 0.5) is 5.95 Å². The molecular formula is C21H20BrN5O2. The number of fused-ring (bicyclic) bond motifs is 1. The van der Waals surface area contributed by atoms with E-state index in [4.69, 9.17) is 9.47 Å². The molecule has 0 atom stereocenters. The van der Waals surface area contributed by atoms with Gasteiger partial charge in [0.2, 0.25) is 5.95 Å². The van der Waals surface area contributed by atoms with Gasteiger partial charge in [-0.3, -0.25) is 0 Å². The molecule has 0 aliphatic rings. The Labute approximate surface area is 176 Å². The molecule has 7 nitrogen and oxygen atoms in total. The summed E-state index contributed by atoms with van der Waals surface area (Å²) in [5.41, 5.74) is 2.90. The van der Waals surface area contributed by atoms with Gasteiger partial charge in [0.1, 0.15) is 16.1 Å². The van der Waals surface area contributed by atoms with Gasteiger partial charge in [-0.25, -0.2) is 9.67 Å². The molecule has 2 aromatic carbocycles. The highest BCUT2D eigenvalue weighted by molar-refractivity contribution is 9.10. The maximum absolute atomic E-state index is 5.45. The largest absolute Gasteiger partial charge is 0.497 e. The van der Waals surface area contributed by atoms with Gasteiger partial charge in [-0.05, 0) is 33.6 Å². The first-order valence-electron chi connectivity index (χ1n) is 9.05. The minimum atomic E-state index is 0.521. The van der Waals surface area contributed by atoms with Gasteiger partial charge in [0.25, 0.3) is 0 Å². The molecule has 148 valence electrons. The molecule has 8 heteroatoms. The molecule has 0 fully saturated rings. The van der Waals surface area contributed by atoms with E-state index in [-0.39, 0.29) is 0 Å². The van der Waals surface area contributed by atoms with Crippen molar-refractivity contribution in [1.29, 1.82) is 0 Å². The van der Waals surface area contributed by atoms with Crippen molar-refractivity contribution < 1.29 is 9.47 Å². The summed E-state index contributed by atoms with van der Waals surface area (Å²) < 4.78 is 13.3. The molecular weight excluding hydrogens is 434 g/mol. The molecule has 0 unspecified atom stereocenters. The first-order chi connectivity index (χ1) is 14.2. The van der Waals surface area contributed by atoms with Gasteiger partial charge < -0.3 is 14.8 Å². The van der Waals surface area contributed by atoms with Crippen molar-refractivity contribution in [2.45, 2.75) is 13.1 Å². The second-order valence-corrected chi connectivity index (χ2v) is 7.15. The first kappa shape index (κ1) is 19.2. The third kappa shape index (κ3) is 4.17. The number of halogens is 1. The van der Waals surface area contributed by atoms with Crippen molar-refractivity contribution in [3.63, 3.8) is 0 Å². The lowest BCUT2D eigenvalue weighted by Gasteiger charge is -2.11. The van der Waals surface area contributed by atoms with Crippen LogP contribution in [0, 0.1) is 0 Å². The molecule has 0 spiro atoms. The van der Waals surface area contributed by atoms with E-state index < -0.39 is 0 Å². The zero-order valence-electron chi connectivity index (χ0n) is 16.1. The highest BCUT2D eigenvalue weighted by atomic mass is 79.9. The smallest absolute Gasteiger partial charge is 0.224 e. The second kappa shape index (κ2) is 8.48. The number of rotatable bonds is 7. The first-order valence-corrected chi connectivity index (χ1v) is 9.85. The standard InChI is InChI=1S/C21H20BrN5O2/c1-28-16-9-8-15(18(10-16)29-2)11-23-21-24-12-17-19(22)26-27(20(17)25-21)13-14-6-4-3-5-7-14/h3-10,12H,11,13H2,1-2H3,(H,23,24,25). The number of hydrogen-bond acceptors (Lipinski definition) is 6. The third-order valence-electron chi connectivity index (χ3n) is 4.55. The highest BCUT2D eigenvalue weighted by Crippen LogP contribution is 2.26. The van der Waals surface area contributed by atoms with Crippen LogP contribution in [0.2, 0.25) is 0 Å². The molecule has 0 amide bonds. The summed E-state index contributed by atoms with van der Waals surface area (Å²) in [6, 6.07) is 15.9.